The second-order valence-electron chi connectivity index (χ2n) is 2.79. The minimum atomic E-state index is 0.518. The molecular weight excluding hydrogens is 166 g/mol. The molecule has 13 heavy (non-hydrogen) atoms. The zero-order valence-corrected chi connectivity index (χ0v) is 6.78. The Bertz CT molecular complexity index is 471. The van der Waals surface area contributed by atoms with E-state index in [0.717, 1.165) is 23.5 Å². The summed E-state index contributed by atoms with van der Waals surface area (Å²) in [5.41, 5.74) is 1.82. The second kappa shape index (κ2) is 2.86. The van der Waals surface area contributed by atoms with E-state index in [1.807, 2.05) is 6.07 Å². The molecule has 3 nitrogen and oxygen atoms in total. The summed E-state index contributed by atoms with van der Waals surface area (Å²) in [6, 6.07) is 5.14. The lowest BCUT2D eigenvalue weighted by Gasteiger charge is -1.96. The largest absolute Gasteiger partial charge is 0.361 e. The van der Waals surface area contributed by atoms with E-state index in [2.05, 4.69) is 4.98 Å². The van der Waals surface area contributed by atoms with Crippen LogP contribution in [0.2, 0.25) is 0 Å². The van der Waals surface area contributed by atoms with Gasteiger partial charge in [-0.1, -0.05) is 0 Å². The molecule has 0 saturated carbocycles. The van der Waals surface area contributed by atoms with E-state index in [4.69, 9.17) is 0 Å². The third-order valence-corrected chi connectivity index (χ3v) is 1.98. The highest BCUT2D eigenvalue weighted by atomic mass is 16.1. The third-order valence-electron chi connectivity index (χ3n) is 1.98. The molecule has 0 aliphatic carbocycles. The lowest BCUT2D eigenvalue weighted by Crippen LogP contribution is -1.87. The Labute approximate surface area is 74.4 Å². The van der Waals surface area contributed by atoms with Crippen LogP contribution in [-0.2, 0) is 0 Å². The van der Waals surface area contributed by atoms with Gasteiger partial charge in [-0.15, -0.1) is 0 Å². The van der Waals surface area contributed by atoms with Gasteiger partial charge in [0.15, 0.2) is 6.29 Å². The van der Waals surface area contributed by atoms with Gasteiger partial charge in [-0.25, -0.2) is 0 Å². The normalized spacial score (nSPS) is 10.2. The van der Waals surface area contributed by atoms with Crippen molar-refractivity contribution in [1.29, 1.82) is 0 Å². The number of hydrogen-bond acceptors (Lipinski definition) is 2. The molecule has 3 heteroatoms. The molecule has 1 heterocycles. The van der Waals surface area contributed by atoms with Crippen molar-refractivity contribution < 1.29 is 9.59 Å². The van der Waals surface area contributed by atoms with Crippen molar-refractivity contribution in [3.8, 4) is 0 Å². The molecular formula is C10H7NO2. The first kappa shape index (κ1) is 7.73. The summed E-state index contributed by atoms with van der Waals surface area (Å²) in [5, 5.41) is 0.881. The Kier molecular flexibility index (Phi) is 1.70. The quantitative estimate of drug-likeness (QED) is 0.704. The summed E-state index contributed by atoms with van der Waals surface area (Å²) in [6.45, 7) is 0. The molecule has 64 valence electrons. The van der Waals surface area contributed by atoms with Crippen molar-refractivity contribution in [1.82, 2.24) is 4.98 Å². The van der Waals surface area contributed by atoms with Gasteiger partial charge in [0.2, 0.25) is 0 Å². The second-order valence-corrected chi connectivity index (χ2v) is 2.79. The average molecular weight is 173 g/mol. The van der Waals surface area contributed by atoms with Gasteiger partial charge in [0.25, 0.3) is 0 Å². The third kappa shape index (κ3) is 1.14. The van der Waals surface area contributed by atoms with Crippen LogP contribution >= 0.6 is 0 Å². The van der Waals surface area contributed by atoms with Crippen LogP contribution in [-0.4, -0.2) is 17.6 Å². The Hall–Kier alpha value is -1.90. The SMILES string of the molecule is O=Cc1cc(C=O)c2[nH]ccc2c1. The maximum absolute atomic E-state index is 10.7. The Morgan fingerprint density at radius 3 is 2.69 bits per heavy atom. The molecule has 0 fully saturated rings. The number of nitrogens with one attached hydrogen (secondary N) is 1. The molecule has 2 rings (SSSR count). The van der Waals surface area contributed by atoms with Gasteiger partial charge in [0.1, 0.15) is 6.29 Å². The van der Waals surface area contributed by atoms with Crippen LogP contribution in [0.25, 0.3) is 10.9 Å². The molecule has 0 atom stereocenters. The van der Waals surface area contributed by atoms with Gasteiger partial charge >= 0.3 is 0 Å². The van der Waals surface area contributed by atoms with Crippen molar-refractivity contribution in [3.05, 3.63) is 35.5 Å². The summed E-state index contributed by atoms with van der Waals surface area (Å²) in [7, 11) is 0. The maximum Gasteiger partial charge on any atom is 0.152 e. The first-order chi connectivity index (χ1) is 6.35. The molecule has 0 spiro atoms. The van der Waals surface area contributed by atoms with Gasteiger partial charge in [-0.05, 0) is 18.2 Å². The van der Waals surface area contributed by atoms with Crippen LogP contribution in [0.15, 0.2) is 24.4 Å². The number of aromatic amines is 1. The topological polar surface area (TPSA) is 49.9 Å². The van der Waals surface area contributed by atoms with E-state index in [0.29, 0.717) is 11.1 Å². The van der Waals surface area contributed by atoms with E-state index in [9.17, 15) is 9.59 Å². The summed E-state index contributed by atoms with van der Waals surface area (Å²) in [5.74, 6) is 0. The first-order valence-electron chi connectivity index (χ1n) is 3.86. The molecule has 0 aliphatic rings. The van der Waals surface area contributed by atoms with Crippen LogP contribution in [0.4, 0.5) is 0 Å². The minimum absolute atomic E-state index is 0.518. The fourth-order valence-electron chi connectivity index (χ4n) is 1.39. The monoisotopic (exact) mass is 173 g/mol. The van der Waals surface area contributed by atoms with Gasteiger partial charge in [-0.3, -0.25) is 9.59 Å². The number of H-pyrrole nitrogens is 1. The van der Waals surface area contributed by atoms with Crippen molar-refractivity contribution in [3.63, 3.8) is 0 Å². The van der Waals surface area contributed by atoms with E-state index < -0.39 is 0 Å². The van der Waals surface area contributed by atoms with E-state index in [1.54, 1.807) is 18.3 Å². The number of benzene rings is 1. The summed E-state index contributed by atoms with van der Waals surface area (Å²) >= 11 is 0. The Morgan fingerprint density at radius 1 is 1.15 bits per heavy atom. The number of carbonyl (C=O) groups excluding carboxylic acids is 2. The van der Waals surface area contributed by atoms with Gasteiger partial charge in [0, 0.05) is 22.7 Å². The summed E-state index contributed by atoms with van der Waals surface area (Å²) in [6.07, 6.45) is 3.22. The van der Waals surface area contributed by atoms with Crippen molar-refractivity contribution in [2.75, 3.05) is 0 Å². The lowest BCUT2D eigenvalue weighted by atomic mass is 10.1. The highest BCUT2D eigenvalue weighted by molar-refractivity contribution is 5.99. The Balaban J connectivity index is 2.84. The molecule has 0 bridgehead atoms. The lowest BCUT2D eigenvalue weighted by molar-refractivity contribution is 0.112. The first-order valence-corrected chi connectivity index (χ1v) is 3.86. The van der Waals surface area contributed by atoms with Crippen molar-refractivity contribution in [2.24, 2.45) is 0 Å². The minimum Gasteiger partial charge on any atom is -0.361 e. The fraction of sp³-hybridized carbons (Fsp3) is 0. The molecule has 2 aromatic rings. The average Bonchev–Trinajstić information content (AvgIpc) is 2.63. The van der Waals surface area contributed by atoms with Crippen LogP contribution in [0.3, 0.4) is 0 Å². The molecule has 1 aromatic heterocycles. The summed E-state index contributed by atoms with van der Waals surface area (Å²) < 4.78 is 0. The zero-order valence-electron chi connectivity index (χ0n) is 6.78. The molecule has 0 amide bonds. The number of rotatable bonds is 2. The fourth-order valence-corrected chi connectivity index (χ4v) is 1.39. The molecule has 1 aromatic carbocycles. The predicted octanol–water partition coefficient (Wildman–Crippen LogP) is 1.79. The number of aldehydes is 2. The Morgan fingerprint density at radius 2 is 2.00 bits per heavy atom. The van der Waals surface area contributed by atoms with Crippen molar-refractivity contribution in [2.45, 2.75) is 0 Å². The van der Waals surface area contributed by atoms with Crippen molar-refractivity contribution >= 4 is 23.5 Å². The van der Waals surface area contributed by atoms with E-state index in [1.165, 1.54) is 0 Å². The molecule has 0 saturated heterocycles. The zero-order chi connectivity index (χ0) is 9.26. The van der Waals surface area contributed by atoms with Crippen LogP contribution < -0.4 is 0 Å². The smallest absolute Gasteiger partial charge is 0.152 e. The maximum atomic E-state index is 10.7. The highest BCUT2D eigenvalue weighted by Gasteiger charge is 2.03. The number of aromatic nitrogens is 1. The van der Waals surface area contributed by atoms with Crippen LogP contribution in [0.1, 0.15) is 20.7 Å². The predicted molar refractivity (Wildman–Crippen MR) is 49.1 cm³/mol. The highest BCUT2D eigenvalue weighted by Crippen LogP contribution is 2.17. The van der Waals surface area contributed by atoms with Gasteiger partial charge in [0.05, 0.1) is 5.52 Å². The summed E-state index contributed by atoms with van der Waals surface area (Å²) in [4.78, 5) is 24.1. The van der Waals surface area contributed by atoms with E-state index in [-0.39, 0.29) is 0 Å². The molecule has 0 aliphatic heterocycles. The number of fused-ring (bicyclic) bond motifs is 1. The number of hydrogen-bond donors (Lipinski definition) is 1. The van der Waals surface area contributed by atoms with Gasteiger partial charge in [-0.2, -0.15) is 0 Å². The number of carbonyl (C=O) groups is 2. The molecule has 1 N–H and O–H groups in total. The molecule has 0 radical (unpaired) electrons. The van der Waals surface area contributed by atoms with Crippen LogP contribution in [0, 0.1) is 0 Å². The molecule has 0 unspecified atom stereocenters. The van der Waals surface area contributed by atoms with Crippen LogP contribution in [0.5, 0.6) is 0 Å². The standard InChI is InChI=1S/C10H7NO2/c12-5-7-3-8-1-2-11-10(8)9(4-7)6-13/h1-6,11H. The van der Waals surface area contributed by atoms with E-state index >= 15 is 0 Å². The van der Waals surface area contributed by atoms with Gasteiger partial charge < -0.3 is 4.98 Å².